The Hall–Kier alpha value is -2.02. The molecule has 2 aliphatic rings. The normalized spacial score (nSPS) is 30.7. The summed E-state index contributed by atoms with van der Waals surface area (Å²) in [4.78, 5) is 24.4. The van der Waals surface area contributed by atoms with Crippen LogP contribution in [-0.4, -0.2) is 53.0 Å². The monoisotopic (exact) mass is 404 g/mol. The number of ether oxygens (including phenoxy) is 2. The molecule has 1 aliphatic heterocycles. The van der Waals surface area contributed by atoms with Crippen LogP contribution in [0.5, 0.6) is 0 Å². The van der Waals surface area contributed by atoms with Gasteiger partial charge in [-0.2, -0.15) is 0 Å². The fourth-order valence-corrected chi connectivity index (χ4v) is 3.71. The van der Waals surface area contributed by atoms with Crippen molar-refractivity contribution in [2.45, 2.75) is 70.9 Å². The van der Waals surface area contributed by atoms with Gasteiger partial charge in [0.2, 0.25) is 0 Å². The number of ketones is 1. The molecule has 1 saturated carbocycles. The first-order valence-corrected chi connectivity index (χ1v) is 9.95. The number of Topliss-reactive ketones (excluding diaryl/α,β-unsaturated/α-hetero) is 1. The summed E-state index contributed by atoms with van der Waals surface area (Å²) in [5.41, 5.74) is 1.72. The third-order valence-corrected chi connectivity index (χ3v) is 5.41. The summed E-state index contributed by atoms with van der Waals surface area (Å²) in [6.07, 6.45) is 8.00. The van der Waals surface area contributed by atoms with Gasteiger partial charge in [0, 0.05) is 0 Å². The van der Waals surface area contributed by atoms with E-state index >= 15 is 0 Å². The van der Waals surface area contributed by atoms with Gasteiger partial charge >= 0.3 is 5.97 Å². The Morgan fingerprint density at radius 1 is 1.34 bits per heavy atom. The van der Waals surface area contributed by atoms with Crippen LogP contribution in [0, 0.1) is 5.92 Å². The number of aliphatic hydroxyl groups is 2. The molecule has 1 saturated heterocycles. The van der Waals surface area contributed by atoms with Crippen molar-refractivity contribution < 1.29 is 29.3 Å². The van der Waals surface area contributed by atoms with E-state index in [4.69, 9.17) is 9.47 Å². The minimum Gasteiger partial charge on any atom is -0.469 e. The zero-order valence-electron chi connectivity index (χ0n) is 17.8. The average Bonchev–Trinajstić information content (AvgIpc) is 3.41. The lowest BCUT2D eigenvalue weighted by atomic mass is 9.76. The number of methoxy groups -OCH3 is 1. The van der Waals surface area contributed by atoms with Crippen molar-refractivity contribution in [2.24, 2.45) is 5.92 Å². The van der Waals surface area contributed by atoms with E-state index in [2.05, 4.69) is 26.8 Å². The second-order valence-electron chi connectivity index (χ2n) is 8.12. The molecule has 2 N–H and O–H groups in total. The van der Waals surface area contributed by atoms with Crippen LogP contribution in [0.2, 0.25) is 0 Å². The molecule has 0 aromatic carbocycles. The predicted molar refractivity (Wildman–Crippen MR) is 110 cm³/mol. The smallest absolute Gasteiger partial charge is 0.311 e. The molecule has 1 unspecified atom stereocenters. The van der Waals surface area contributed by atoms with Crippen LogP contribution in [0.1, 0.15) is 47.0 Å². The van der Waals surface area contributed by atoms with E-state index in [0.29, 0.717) is 0 Å². The number of fused-ring (bicyclic) bond motifs is 1. The summed E-state index contributed by atoms with van der Waals surface area (Å²) in [6.45, 7) is 8.03. The quantitative estimate of drug-likeness (QED) is 0.279. The number of hydrogen-bond acceptors (Lipinski definition) is 6. The summed E-state index contributed by atoms with van der Waals surface area (Å²) in [5.74, 6) is -1.90. The topological polar surface area (TPSA) is 96.4 Å². The fraction of sp³-hybridized carbons (Fsp3) is 0.565. The maximum atomic E-state index is 12.5. The zero-order chi connectivity index (χ0) is 21.8. The zero-order valence-corrected chi connectivity index (χ0v) is 17.8. The number of aliphatic hydroxyl groups excluding tert-OH is 2. The van der Waals surface area contributed by atoms with E-state index in [1.807, 2.05) is 25.2 Å². The predicted octanol–water partition coefficient (Wildman–Crippen LogP) is 2.80. The summed E-state index contributed by atoms with van der Waals surface area (Å²) in [5, 5.41) is 20.7. The van der Waals surface area contributed by atoms with E-state index in [1.165, 1.54) is 24.3 Å². The number of hydrogen-bond donors (Lipinski definition) is 2. The van der Waals surface area contributed by atoms with Crippen molar-refractivity contribution in [3.8, 4) is 0 Å². The highest BCUT2D eigenvalue weighted by Crippen LogP contribution is 2.51. The van der Waals surface area contributed by atoms with Crippen LogP contribution >= 0.6 is 0 Å². The van der Waals surface area contributed by atoms with Crippen molar-refractivity contribution in [2.75, 3.05) is 7.11 Å². The molecule has 0 bridgehead atoms. The molecule has 160 valence electrons. The highest BCUT2D eigenvalue weighted by atomic mass is 16.6. The van der Waals surface area contributed by atoms with Gasteiger partial charge in [0.1, 0.15) is 18.3 Å². The minimum absolute atomic E-state index is 0.0515. The average molecular weight is 405 g/mol. The van der Waals surface area contributed by atoms with Gasteiger partial charge in [-0.25, -0.2) is 0 Å². The Balaban J connectivity index is 2.05. The number of allylic oxidation sites excluding steroid dienone is 7. The van der Waals surface area contributed by atoms with Gasteiger partial charge in [0.15, 0.2) is 11.4 Å². The molecular weight excluding hydrogens is 372 g/mol. The maximum Gasteiger partial charge on any atom is 0.311 e. The summed E-state index contributed by atoms with van der Waals surface area (Å²) in [7, 11) is 1.25. The minimum atomic E-state index is -1.57. The van der Waals surface area contributed by atoms with Crippen LogP contribution in [0.15, 0.2) is 47.1 Å². The van der Waals surface area contributed by atoms with Crippen molar-refractivity contribution in [1.82, 2.24) is 0 Å². The van der Waals surface area contributed by atoms with Gasteiger partial charge in [-0.1, -0.05) is 41.0 Å². The molecule has 29 heavy (non-hydrogen) atoms. The summed E-state index contributed by atoms with van der Waals surface area (Å²) in [6, 6.07) is 0. The third-order valence-electron chi connectivity index (χ3n) is 5.41. The van der Waals surface area contributed by atoms with Crippen molar-refractivity contribution >= 4 is 11.8 Å². The molecule has 6 heteroatoms. The molecule has 5 atom stereocenters. The standard InChI is InChI=1S/C23H32O6/c1-14(2)8-6-9-15(3)10-7-11-16(4)12-19(25)23-20(26)18(24)13-17(21(23)29-23)22(27)28-5/h7-8,10-12,17-19,21,24-25H,6,9,13H2,1-5H3/b11-7+,15-10+,16-12+/t17-,18-,19?,21-,23+/m1/s1. The van der Waals surface area contributed by atoms with Crippen molar-refractivity contribution in [1.29, 1.82) is 0 Å². The molecule has 0 aromatic rings. The van der Waals surface area contributed by atoms with E-state index in [0.717, 1.165) is 18.4 Å². The number of carbonyl (C=O) groups is 2. The third kappa shape index (κ3) is 5.32. The second kappa shape index (κ2) is 9.65. The van der Waals surface area contributed by atoms with Gasteiger partial charge in [-0.3, -0.25) is 9.59 Å². The highest BCUT2D eigenvalue weighted by Gasteiger charge is 2.73. The van der Waals surface area contributed by atoms with Crippen LogP contribution < -0.4 is 0 Å². The molecular formula is C23H32O6. The fourth-order valence-electron chi connectivity index (χ4n) is 3.71. The van der Waals surface area contributed by atoms with E-state index in [-0.39, 0.29) is 6.42 Å². The molecule has 0 spiro atoms. The second-order valence-corrected chi connectivity index (χ2v) is 8.12. The Morgan fingerprint density at radius 2 is 2.03 bits per heavy atom. The van der Waals surface area contributed by atoms with Gasteiger partial charge < -0.3 is 19.7 Å². The lowest BCUT2D eigenvalue weighted by molar-refractivity contribution is -0.150. The highest BCUT2D eigenvalue weighted by molar-refractivity contribution is 5.98. The SMILES string of the molecule is COC(=O)[C@@H]1C[C@@H](O)C(=O)[C@]2(C(O)/C=C(C)/C=C/C=C(\C)CCC=C(C)C)O[C@H]12. The lowest BCUT2D eigenvalue weighted by Crippen LogP contribution is -2.52. The Bertz CT molecular complexity index is 755. The summed E-state index contributed by atoms with van der Waals surface area (Å²) < 4.78 is 10.2. The Morgan fingerprint density at radius 3 is 2.66 bits per heavy atom. The molecule has 2 rings (SSSR count). The van der Waals surface area contributed by atoms with E-state index in [9.17, 15) is 19.8 Å². The molecule has 1 heterocycles. The first-order chi connectivity index (χ1) is 13.6. The van der Waals surface area contributed by atoms with Gasteiger partial charge in [0.25, 0.3) is 0 Å². The molecule has 0 aromatic heterocycles. The van der Waals surface area contributed by atoms with Crippen LogP contribution in [0.4, 0.5) is 0 Å². The van der Waals surface area contributed by atoms with Crippen molar-refractivity contribution in [3.05, 3.63) is 47.1 Å². The first kappa shape index (κ1) is 23.3. The number of esters is 1. The van der Waals surface area contributed by atoms with Crippen LogP contribution in [-0.2, 0) is 19.1 Å². The summed E-state index contributed by atoms with van der Waals surface area (Å²) >= 11 is 0. The largest absolute Gasteiger partial charge is 0.469 e. The first-order valence-electron chi connectivity index (χ1n) is 9.95. The lowest BCUT2D eigenvalue weighted by Gasteiger charge is -2.27. The molecule has 0 radical (unpaired) electrons. The molecule has 2 fully saturated rings. The van der Waals surface area contributed by atoms with Gasteiger partial charge in [-0.05, 0) is 53.0 Å². The Kier molecular flexibility index (Phi) is 7.74. The van der Waals surface area contributed by atoms with Gasteiger partial charge in [-0.15, -0.1) is 0 Å². The maximum absolute atomic E-state index is 12.5. The molecule has 0 amide bonds. The number of rotatable bonds is 8. The van der Waals surface area contributed by atoms with E-state index < -0.39 is 41.6 Å². The van der Waals surface area contributed by atoms with Gasteiger partial charge in [0.05, 0.1) is 13.0 Å². The Labute approximate surface area is 172 Å². The number of epoxide rings is 1. The van der Waals surface area contributed by atoms with Crippen LogP contribution in [0.3, 0.4) is 0 Å². The molecule has 1 aliphatic carbocycles. The van der Waals surface area contributed by atoms with Crippen molar-refractivity contribution in [3.63, 3.8) is 0 Å². The number of carbonyl (C=O) groups excluding carboxylic acids is 2. The molecule has 6 nitrogen and oxygen atoms in total. The van der Waals surface area contributed by atoms with E-state index in [1.54, 1.807) is 0 Å². The van der Waals surface area contributed by atoms with Crippen LogP contribution in [0.25, 0.3) is 0 Å².